The van der Waals surface area contributed by atoms with E-state index in [4.69, 9.17) is 15.5 Å². The zero-order valence-electron chi connectivity index (χ0n) is 19.1. The van der Waals surface area contributed by atoms with E-state index in [2.05, 4.69) is 21.7 Å². The van der Waals surface area contributed by atoms with Gasteiger partial charge in [0.1, 0.15) is 11.5 Å². The van der Waals surface area contributed by atoms with Crippen molar-refractivity contribution in [3.8, 4) is 23.2 Å². The summed E-state index contributed by atoms with van der Waals surface area (Å²) in [5.74, 6) is 5.26. The summed E-state index contributed by atoms with van der Waals surface area (Å²) in [6.07, 6.45) is 0.560. The van der Waals surface area contributed by atoms with Gasteiger partial charge in [-0.1, -0.05) is 24.0 Å². The van der Waals surface area contributed by atoms with Crippen molar-refractivity contribution >= 4 is 17.6 Å². The predicted molar refractivity (Wildman–Crippen MR) is 124 cm³/mol. The summed E-state index contributed by atoms with van der Waals surface area (Å²) in [5.41, 5.74) is 6.88. The fourth-order valence-corrected chi connectivity index (χ4v) is 3.65. The number of aliphatic hydroxyl groups excluding tert-OH is 1. The molecule has 2 unspecified atom stereocenters. The molecule has 0 bridgehead atoms. The van der Waals surface area contributed by atoms with Gasteiger partial charge in [0.2, 0.25) is 0 Å². The summed E-state index contributed by atoms with van der Waals surface area (Å²) in [4.78, 5) is 36.5. The van der Waals surface area contributed by atoms with Gasteiger partial charge in [0, 0.05) is 44.4 Å². The van der Waals surface area contributed by atoms with Crippen molar-refractivity contribution in [2.24, 2.45) is 5.73 Å². The molecule has 174 valence electrons. The lowest BCUT2D eigenvalue weighted by Gasteiger charge is -2.25. The number of nitrogens with two attached hydrogens (primary N) is 1. The summed E-state index contributed by atoms with van der Waals surface area (Å²) in [7, 11) is 3.26. The van der Waals surface area contributed by atoms with Gasteiger partial charge in [-0.25, -0.2) is 9.97 Å². The van der Waals surface area contributed by atoms with E-state index in [0.717, 1.165) is 19.4 Å². The molecule has 33 heavy (non-hydrogen) atoms. The molecule has 0 aliphatic carbocycles. The van der Waals surface area contributed by atoms with E-state index >= 15 is 0 Å². The van der Waals surface area contributed by atoms with Crippen LogP contribution in [0.3, 0.4) is 0 Å². The molecule has 1 aromatic carbocycles. The van der Waals surface area contributed by atoms with E-state index in [1.807, 2.05) is 6.92 Å². The minimum atomic E-state index is -1.41. The first-order chi connectivity index (χ1) is 15.8. The highest BCUT2D eigenvalue weighted by Crippen LogP contribution is 2.27. The number of likely N-dealkylation sites (N-methyl/N-ethyl adjacent to an activating group) is 1. The van der Waals surface area contributed by atoms with E-state index in [0.29, 0.717) is 35.9 Å². The topological polar surface area (TPSA) is 122 Å². The van der Waals surface area contributed by atoms with Gasteiger partial charge in [-0.2, -0.15) is 0 Å². The standard InChI is InChI=1S/C24H29N5O4/c1-4-28(2)24(32)20(30)11-10-16-7-5-8-17(13-16)23-26-19(22(25)31)14-21(27-23)29-12-6-9-18(29)15-33-3/h5,7-8,13-14,18,20,30H,4,6,9,12,15H2,1-3H3,(H2,25,31). The lowest BCUT2D eigenvalue weighted by Crippen LogP contribution is -2.35. The Kier molecular flexibility index (Phi) is 7.98. The molecule has 1 fully saturated rings. The van der Waals surface area contributed by atoms with Crippen LogP contribution in [0.5, 0.6) is 0 Å². The fourth-order valence-electron chi connectivity index (χ4n) is 3.65. The number of benzene rings is 1. The van der Waals surface area contributed by atoms with Gasteiger partial charge >= 0.3 is 0 Å². The first-order valence-electron chi connectivity index (χ1n) is 10.8. The van der Waals surface area contributed by atoms with Crippen LogP contribution in [-0.4, -0.2) is 77.8 Å². The zero-order chi connectivity index (χ0) is 24.0. The van der Waals surface area contributed by atoms with E-state index in [1.54, 1.807) is 44.5 Å². The average molecular weight is 452 g/mol. The normalized spacial score (nSPS) is 16.1. The Bertz CT molecular complexity index is 1080. The highest BCUT2D eigenvalue weighted by molar-refractivity contribution is 5.92. The monoisotopic (exact) mass is 451 g/mol. The maximum Gasteiger partial charge on any atom is 0.267 e. The molecular weight excluding hydrogens is 422 g/mol. The number of anilines is 1. The summed E-state index contributed by atoms with van der Waals surface area (Å²) in [6, 6.07) is 8.85. The van der Waals surface area contributed by atoms with Crippen molar-refractivity contribution in [3.63, 3.8) is 0 Å². The van der Waals surface area contributed by atoms with Crippen LogP contribution in [0.2, 0.25) is 0 Å². The molecule has 2 amide bonds. The van der Waals surface area contributed by atoms with Crippen LogP contribution < -0.4 is 10.6 Å². The number of hydrogen-bond acceptors (Lipinski definition) is 7. The minimum absolute atomic E-state index is 0.123. The molecule has 1 aromatic heterocycles. The van der Waals surface area contributed by atoms with Crippen molar-refractivity contribution in [3.05, 3.63) is 41.6 Å². The van der Waals surface area contributed by atoms with Crippen molar-refractivity contribution in [2.75, 3.05) is 38.8 Å². The number of nitrogens with zero attached hydrogens (tertiary/aromatic N) is 4. The van der Waals surface area contributed by atoms with Gasteiger partial charge in [0.05, 0.1) is 12.6 Å². The van der Waals surface area contributed by atoms with Gasteiger partial charge in [0.15, 0.2) is 11.9 Å². The van der Waals surface area contributed by atoms with Crippen molar-refractivity contribution in [2.45, 2.75) is 31.9 Å². The number of amides is 2. The van der Waals surface area contributed by atoms with Crippen LogP contribution >= 0.6 is 0 Å². The summed E-state index contributed by atoms with van der Waals surface area (Å²) < 4.78 is 5.33. The van der Waals surface area contributed by atoms with Crippen LogP contribution in [-0.2, 0) is 9.53 Å². The molecule has 1 aliphatic heterocycles. The van der Waals surface area contributed by atoms with Crippen LogP contribution in [0.25, 0.3) is 11.4 Å². The van der Waals surface area contributed by atoms with Gasteiger partial charge in [-0.15, -0.1) is 0 Å². The summed E-state index contributed by atoms with van der Waals surface area (Å²) in [5, 5.41) is 10.0. The molecule has 2 atom stereocenters. The second kappa shape index (κ2) is 10.9. The molecule has 2 aromatic rings. The number of aromatic nitrogens is 2. The molecule has 3 rings (SSSR count). The lowest BCUT2D eigenvalue weighted by atomic mass is 10.1. The van der Waals surface area contributed by atoms with Gasteiger partial charge in [-0.05, 0) is 31.9 Å². The average Bonchev–Trinajstić information content (AvgIpc) is 3.30. The Labute approximate surface area is 193 Å². The largest absolute Gasteiger partial charge is 0.383 e. The molecule has 9 nitrogen and oxygen atoms in total. The van der Waals surface area contributed by atoms with Crippen LogP contribution in [0.1, 0.15) is 35.8 Å². The van der Waals surface area contributed by atoms with Gasteiger partial charge in [0.25, 0.3) is 11.8 Å². The summed E-state index contributed by atoms with van der Waals surface area (Å²) >= 11 is 0. The minimum Gasteiger partial charge on any atom is -0.383 e. The Morgan fingerprint density at radius 3 is 2.85 bits per heavy atom. The van der Waals surface area contributed by atoms with Crippen LogP contribution in [0.15, 0.2) is 30.3 Å². The first kappa shape index (κ1) is 24.2. The third-order valence-corrected chi connectivity index (χ3v) is 5.55. The number of carbonyl (C=O) groups is 2. The first-order valence-corrected chi connectivity index (χ1v) is 10.8. The second-order valence-electron chi connectivity index (χ2n) is 7.85. The van der Waals surface area contributed by atoms with Gasteiger partial charge in [-0.3, -0.25) is 9.59 Å². The van der Waals surface area contributed by atoms with E-state index in [-0.39, 0.29) is 11.7 Å². The maximum absolute atomic E-state index is 12.0. The molecule has 9 heteroatoms. The fraction of sp³-hybridized carbons (Fsp3) is 0.417. The summed E-state index contributed by atoms with van der Waals surface area (Å²) in [6.45, 7) is 3.65. The number of rotatable bonds is 7. The maximum atomic E-state index is 12.0. The number of primary amides is 1. The molecular formula is C24H29N5O4. The number of hydrogen-bond donors (Lipinski definition) is 2. The Hall–Kier alpha value is -3.48. The number of methoxy groups -OCH3 is 1. The molecule has 0 spiro atoms. The van der Waals surface area contributed by atoms with E-state index < -0.39 is 17.9 Å². The molecule has 1 saturated heterocycles. The zero-order valence-corrected chi connectivity index (χ0v) is 19.1. The highest BCUT2D eigenvalue weighted by Gasteiger charge is 2.27. The molecule has 0 saturated carbocycles. The molecule has 1 aliphatic rings. The second-order valence-corrected chi connectivity index (χ2v) is 7.85. The smallest absolute Gasteiger partial charge is 0.267 e. The van der Waals surface area contributed by atoms with E-state index in [1.165, 1.54) is 4.90 Å². The Morgan fingerprint density at radius 1 is 1.36 bits per heavy atom. The number of aliphatic hydroxyl groups is 1. The van der Waals surface area contributed by atoms with E-state index in [9.17, 15) is 14.7 Å². The van der Waals surface area contributed by atoms with Crippen molar-refractivity contribution in [1.82, 2.24) is 14.9 Å². The molecule has 2 heterocycles. The number of ether oxygens (including phenoxy) is 1. The number of carbonyl (C=O) groups excluding carboxylic acids is 2. The lowest BCUT2D eigenvalue weighted by molar-refractivity contribution is -0.135. The Balaban J connectivity index is 1.94. The van der Waals surface area contributed by atoms with Crippen molar-refractivity contribution in [1.29, 1.82) is 0 Å². The van der Waals surface area contributed by atoms with Crippen molar-refractivity contribution < 1.29 is 19.4 Å². The van der Waals surface area contributed by atoms with Crippen LogP contribution in [0, 0.1) is 11.8 Å². The molecule has 3 N–H and O–H groups in total. The SMILES string of the molecule is CCN(C)C(=O)C(O)C#Cc1cccc(-c2nc(C(N)=O)cc(N3CCCC3COC)n2)c1. The molecule has 0 radical (unpaired) electrons. The quantitative estimate of drug-likeness (QED) is 0.604. The van der Waals surface area contributed by atoms with Crippen LogP contribution in [0.4, 0.5) is 5.82 Å². The van der Waals surface area contributed by atoms with Gasteiger partial charge < -0.3 is 25.4 Å². The third-order valence-electron chi connectivity index (χ3n) is 5.55. The predicted octanol–water partition coefficient (Wildman–Crippen LogP) is 1.05. The third kappa shape index (κ3) is 5.86. The Morgan fingerprint density at radius 2 is 2.15 bits per heavy atom. The highest BCUT2D eigenvalue weighted by atomic mass is 16.5.